The number of aliphatic hydroxyl groups is 1. The molecule has 0 saturated heterocycles. The molecule has 2 rings (SSSR count). The normalized spacial score (nSPS) is 10.6. The van der Waals surface area contributed by atoms with E-state index in [0.717, 1.165) is 13.0 Å². The number of aliphatic hydroxyl groups excluding tert-OH is 1. The van der Waals surface area contributed by atoms with E-state index in [2.05, 4.69) is 12.0 Å². The van der Waals surface area contributed by atoms with E-state index in [0.29, 0.717) is 17.1 Å². The van der Waals surface area contributed by atoms with Crippen LogP contribution in [0, 0.1) is 5.82 Å². The lowest BCUT2D eigenvalue weighted by Gasteiger charge is -2.05. The zero-order valence-electron chi connectivity index (χ0n) is 10.1. The van der Waals surface area contributed by atoms with Crippen LogP contribution in [0.25, 0.3) is 0 Å². The van der Waals surface area contributed by atoms with Crippen molar-refractivity contribution in [3.8, 4) is 11.5 Å². The van der Waals surface area contributed by atoms with Crippen molar-refractivity contribution in [2.75, 3.05) is 0 Å². The second-order valence-electron chi connectivity index (χ2n) is 3.99. The van der Waals surface area contributed by atoms with Crippen LogP contribution in [-0.4, -0.2) is 14.9 Å². The topological polar surface area (TPSA) is 47.3 Å². The zero-order chi connectivity index (χ0) is 13.0. The van der Waals surface area contributed by atoms with Crippen LogP contribution in [0.1, 0.15) is 18.9 Å². The molecule has 1 aromatic heterocycles. The number of aryl methyl sites for hydroxylation is 1. The van der Waals surface area contributed by atoms with Crippen molar-refractivity contribution in [2.24, 2.45) is 0 Å². The fourth-order valence-corrected chi connectivity index (χ4v) is 1.66. The molecular formula is C13H15FN2O2. The molecular weight excluding hydrogens is 235 g/mol. The van der Waals surface area contributed by atoms with Gasteiger partial charge >= 0.3 is 0 Å². The minimum atomic E-state index is -0.433. The third-order valence-corrected chi connectivity index (χ3v) is 2.41. The Morgan fingerprint density at radius 2 is 2.17 bits per heavy atom. The smallest absolute Gasteiger partial charge is 0.165 e. The summed E-state index contributed by atoms with van der Waals surface area (Å²) in [4.78, 5) is 0. The summed E-state index contributed by atoms with van der Waals surface area (Å²) in [5, 5.41) is 13.1. The molecule has 0 aliphatic heterocycles. The predicted octanol–water partition coefficient (Wildman–Crippen LogP) is 2.72. The van der Waals surface area contributed by atoms with E-state index in [1.165, 1.54) is 12.1 Å². The standard InChI is InChI=1S/C13H15FN2O2/c1-2-3-16-8-13(7-15-16)18-12-5-10(9-17)4-11(14)6-12/h4-8,17H,2-3,9H2,1H3. The summed E-state index contributed by atoms with van der Waals surface area (Å²) in [6.07, 6.45) is 4.32. The molecule has 0 aliphatic rings. The van der Waals surface area contributed by atoms with E-state index in [1.54, 1.807) is 23.1 Å². The molecule has 0 unspecified atom stereocenters. The van der Waals surface area contributed by atoms with E-state index in [9.17, 15) is 4.39 Å². The second kappa shape index (κ2) is 5.64. The van der Waals surface area contributed by atoms with Gasteiger partial charge in [0.1, 0.15) is 11.6 Å². The first-order chi connectivity index (χ1) is 8.71. The Morgan fingerprint density at radius 1 is 1.33 bits per heavy atom. The van der Waals surface area contributed by atoms with Crippen LogP contribution in [0.15, 0.2) is 30.6 Å². The quantitative estimate of drug-likeness (QED) is 0.887. The number of hydrogen-bond donors (Lipinski definition) is 1. The van der Waals surface area contributed by atoms with Crippen LogP contribution >= 0.6 is 0 Å². The molecule has 0 atom stereocenters. The van der Waals surface area contributed by atoms with Crippen molar-refractivity contribution in [3.63, 3.8) is 0 Å². The Hall–Kier alpha value is -1.88. The Labute approximate surface area is 105 Å². The number of aromatic nitrogens is 2. The van der Waals surface area contributed by atoms with Crippen molar-refractivity contribution >= 4 is 0 Å². The summed E-state index contributed by atoms with van der Waals surface area (Å²) in [6, 6.07) is 4.14. The summed E-state index contributed by atoms with van der Waals surface area (Å²) >= 11 is 0. The van der Waals surface area contributed by atoms with Crippen LogP contribution in [0.3, 0.4) is 0 Å². The fourth-order valence-electron chi connectivity index (χ4n) is 1.66. The van der Waals surface area contributed by atoms with Crippen LogP contribution < -0.4 is 4.74 Å². The molecule has 4 nitrogen and oxygen atoms in total. The third-order valence-electron chi connectivity index (χ3n) is 2.41. The summed E-state index contributed by atoms with van der Waals surface area (Å²) in [6.45, 7) is 2.65. The molecule has 0 aliphatic carbocycles. The maximum absolute atomic E-state index is 13.2. The average molecular weight is 250 g/mol. The highest BCUT2D eigenvalue weighted by Crippen LogP contribution is 2.23. The minimum Gasteiger partial charge on any atom is -0.454 e. The summed E-state index contributed by atoms with van der Waals surface area (Å²) in [5.41, 5.74) is 0.478. The Morgan fingerprint density at radius 3 is 2.89 bits per heavy atom. The van der Waals surface area contributed by atoms with Crippen molar-refractivity contribution in [2.45, 2.75) is 26.5 Å². The van der Waals surface area contributed by atoms with E-state index < -0.39 is 5.82 Å². The van der Waals surface area contributed by atoms with Gasteiger partial charge < -0.3 is 9.84 Å². The highest BCUT2D eigenvalue weighted by atomic mass is 19.1. The molecule has 0 saturated carbocycles. The van der Waals surface area contributed by atoms with Gasteiger partial charge in [-0.05, 0) is 24.1 Å². The van der Waals surface area contributed by atoms with Crippen molar-refractivity contribution in [3.05, 3.63) is 42.0 Å². The lowest BCUT2D eigenvalue weighted by Crippen LogP contribution is -1.95. The van der Waals surface area contributed by atoms with Gasteiger partial charge in [0.05, 0.1) is 19.0 Å². The lowest BCUT2D eigenvalue weighted by molar-refractivity contribution is 0.280. The molecule has 18 heavy (non-hydrogen) atoms. The molecule has 1 heterocycles. The van der Waals surface area contributed by atoms with Crippen LogP contribution in [0.4, 0.5) is 4.39 Å². The first-order valence-electron chi connectivity index (χ1n) is 5.82. The highest BCUT2D eigenvalue weighted by molar-refractivity contribution is 5.32. The zero-order valence-corrected chi connectivity index (χ0v) is 10.1. The first-order valence-corrected chi connectivity index (χ1v) is 5.82. The van der Waals surface area contributed by atoms with Gasteiger partial charge in [-0.2, -0.15) is 5.10 Å². The monoisotopic (exact) mass is 250 g/mol. The number of hydrogen-bond acceptors (Lipinski definition) is 3. The Kier molecular flexibility index (Phi) is 3.94. The number of halogens is 1. The van der Waals surface area contributed by atoms with Gasteiger partial charge in [-0.1, -0.05) is 6.92 Å². The molecule has 0 fully saturated rings. The maximum Gasteiger partial charge on any atom is 0.165 e. The molecule has 96 valence electrons. The maximum atomic E-state index is 13.2. The van der Waals surface area contributed by atoms with Gasteiger partial charge in [0.25, 0.3) is 0 Å². The predicted molar refractivity (Wildman–Crippen MR) is 64.9 cm³/mol. The number of nitrogens with zero attached hydrogens (tertiary/aromatic N) is 2. The van der Waals surface area contributed by atoms with Crippen LogP contribution in [0.5, 0.6) is 11.5 Å². The fraction of sp³-hybridized carbons (Fsp3) is 0.308. The Bertz CT molecular complexity index is 525. The lowest BCUT2D eigenvalue weighted by atomic mass is 10.2. The largest absolute Gasteiger partial charge is 0.454 e. The molecule has 5 heteroatoms. The van der Waals surface area contributed by atoms with Crippen molar-refractivity contribution in [1.82, 2.24) is 9.78 Å². The van der Waals surface area contributed by atoms with Gasteiger partial charge in [-0.3, -0.25) is 4.68 Å². The molecule has 2 aromatic rings. The Balaban J connectivity index is 2.14. The molecule has 0 bridgehead atoms. The van der Waals surface area contributed by atoms with Gasteiger partial charge in [0.2, 0.25) is 0 Å². The molecule has 1 N–H and O–H groups in total. The van der Waals surface area contributed by atoms with E-state index in [4.69, 9.17) is 9.84 Å². The summed E-state index contributed by atoms with van der Waals surface area (Å²) in [5.74, 6) is 0.477. The SMILES string of the molecule is CCCn1cc(Oc2cc(F)cc(CO)c2)cn1. The van der Waals surface area contributed by atoms with Gasteiger partial charge in [0, 0.05) is 12.6 Å². The first kappa shape index (κ1) is 12.6. The average Bonchev–Trinajstić information content (AvgIpc) is 2.76. The molecule has 1 aromatic carbocycles. The number of rotatable bonds is 5. The van der Waals surface area contributed by atoms with Crippen LogP contribution in [0.2, 0.25) is 0 Å². The third kappa shape index (κ3) is 3.07. The van der Waals surface area contributed by atoms with Gasteiger partial charge in [-0.15, -0.1) is 0 Å². The summed E-state index contributed by atoms with van der Waals surface area (Å²) in [7, 11) is 0. The van der Waals surface area contributed by atoms with Crippen LogP contribution in [-0.2, 0) is 13.2 Å². The van der Waals surface area contributed by atoms with E-state index in [-0.39, 0.29) is 6.61 Å². The van der Waals surface area contributed by atoms with Crippen molar-refractivity contribution in [1.29, 1.82) is 0 Å². The van der Waals surface area contributed by atoms with Crippen molar-refractivity contribution < 1.29 is 14.2 Å². The number of ether oxygens (including phenoxy) is 1. The summed E-state index contributed by atoms with van der Waals surface area (Å²) < 4.78 is 20.5. The highest BCUT2D eigenvalue weighted by Gasteiger charge is 2.04. The number of benzene rings is 1. The van der Waals surface area contributed by atoms with Gasteiger partial charge in [-0.25, -0.2) is 4.39 Å². The second-order valence-corrected chi connectivity index (χ2v) is 3.99. The van der Waals surface area contributed by atoms with E-state index in [1.807, 2.05) is 0 Å². The molecule has 0 spiro atoms. The molecule has 0 amide bonds. The minimum absolute atomic E-state index is 0.219. The van der Waals surface area contributed by atoms with Gasteiger partial charge in [0.15, 0.2) is 5.75 Å². The molecule has 0 radical (unpaired) electrons. The van der Waals surface area contributed by atoms with E-state index >= 15 is 0 Å².